The Labute approximate surface area is 114 Å². The summed E-state index contributed by atoms with van der Waals surface area (Å²) < 4.78 is 0. The van der Waals surface area contributed by atoms with E-state index in [0.717, 1.165) is 23.1 Å². The van der Waals surface area contributed by atoms with E-state index in [-0.39, 0.29) is 0 Å². The summed E-state index contributed by atoms with van der Waals surface area (Å²) in [4.78, 5) is 5.32. The van der Waals surface area contributed by atoms with Gasteiger partial charge in [0.1, 0.15) is 0 Å². The largest absolute Gasteiger partial charge is 0.301 e. The Morgan fingerprint density at radius 1 is 0.941 bits per heavy atom. The molecule has 0 aromatic carbocycles. The van der Waals surface area contributed by atoms with Gasteiger partial charge in [0.15, 0.2) is 0 Å². The third-order valence-electron chi connectivity index (χ3n) is 5.24. The summed E-state index contributed by atoms with van der Waals surface area (Å²) in [5.41, 5.74) is 0. The van der Waals surface area contributed by atoms with Crippen molar-refractivity contribution in [3.05, 3.63) is 0 Å². The fourth-order valence-electron chi connectivity index (χ4n) is 4.25. The highest BCUT2D eigenvalue weighted by Crippen LogP contribution is 2.48. The molecule has 1 aliphatic heterocycles. The summed E-state index contributed by atoms with van der Waals surface area (Å²) >= 11 is 3.54. The van der Waals surface area contributed by atoms with E-state index in [4.69, 9.17) is 0 Å². The zero-order valence-corrected chi connectivity index (χ0v) is 12.4. The van der Waals surface area contributed by atoms with Gasteiger partial charge in [0.25, 0.3) is 0 Å². The van der Waals surface area contributed by atoms with E-state index in [1.54, 1.807) is 25.7 Å². The first-order valence-corrected chi connectivity index (χ1v) is 8.48. The fraction of sp³-hybridized carbons (Fsp3) is 1.00. The number of halogens is 1. The Morgan fingerprint density at radius 2 is 1.71 bits per heavy atom. The third kappa shape index (κ3) is 2.87. The molecule has 98 valence electrons. The molecule has 0 aromatic rings. The molecule has 3 aliphatic rings. The lowest BCUT2D eigenvalue weighted by molar-refractivity contribution is 0.110. The highest BCUT2D eigenvalue weighted by Gasteiger charge is 2.40. The van der Waals surface area contributed by atoms with Crippen LogP contribution in [0.2, 0.25) is 0 Å². The number of rotatable bonds is 4. The molecule has 0 N–H and O–H groups in total. The van der Waals surface area contributed by atoms with Gasteiger partial charge in [-0.25, -0.2) is 0 Å². The van der Waals surface area contributed by atoms with Gasteiger partial charge in [-0.1, -0.05) is 22.4 Å². The molecule has 0 radical (unpaired) electrons. The molecular weight excluding hydrogens is 276 g/mol. The Hall–Kier alpha value is 0.400. The predicted molar refractivity (Wildman–Crippen MR) is 75.6 cm³/mol. The van der Waals surface area contributed by atoms with Gasteiger partial charge in [-0.3, -0.25) is 4.90 Å². The van der Waals surface area contributed by atoms with Crippen LogP contribution in [-0.4, -0.2) is 54.4 Å². The summed E-state index contributed by atoms with van der Waals surface area (Å²) in [6.07, 6.45) is 6.19. The number of alkyl halides is 1. The van der Waals surface area contributed by atoms with Crippen molar-refractivity contribution in [3.63, 3.8) is 0 Å². The molecule has 3 fully saturated rings. The molecule has 17 heavy (non-hydrogen) atoms. The van der Waals surface area contributed by atoms with E-state index < -0.39 is 0 Å². The van der Waals surface area contributed by atoms with Crippen LogP contribution in [0.1, 0.15) is 25.7 Å². The lowest BCUT2D eigenvalue weighted by Crippen LogP contribution is -2.48. The maximum absolute atomic E-state index is 3.54. The van der Waals surface area contributed by atoms with Crippen LogP contribution in [0.15, 0.2) is 0 Å². The van der Waals surface area contributed by atoms with E-state index in [2.05, 4.69) is 25.7 Å². The molecule has 3 atom stereocenters. The minimum absolute atomic E-state index is 1.05. The highest BCUT2D eigenvalue weighted by atomic mass is 79.9. The maximum Gasteiger partial charge on any atom is 0.0159 e. The molecule has 1 heterocycles. The van der Waals surface area contributed by atoms with Crippen LogP contribution in [0.4, 0.5) is 0 Å². The molecule has 2 aliphatic carbocycles. The first kappa shape index (κ1) is 12.4. The standard InChI is InChI=1S/C14H25BrN2/c15-3-4-16-5-7-17(8-6-16)11-14-10-12-1-2-13(14)9-12/h12-14H,1-11H2. The second kappa shape index (κ2) is 5.58. The molecular formula is C14H25BrN2. The summed E-state index contributed by atoms with van der Waals surface area (Å²) in [5.74, 6) is 3.26. The lowest BCUT2D eigenvalue weighted by atomic mass is 9.88. The van der Waals surface area contributed by atoms with Crippen molar-refractivity contribution in [2.24, 2.45) is 17.8 Å². The minimum atomic E-state index is 1.05. The van der Waals surface area contributed by atoms with Gasteiger partial charge in [-0.05, 0) is 37.0 Å². The van der Waals surface area contributed by atoms with Crippen molar-refractivity contribution in [2.75, 3.05) is 44.6 Å². The predicted octanol–water partition coefficient (Wildman–Crippen LogP) is 2.44. The van der Waals surface area contributed by atoms with Crippen molar-refractivity contribution < 1.29 is 0 Å². The van der Waals surface area contributed by atoms with Gasteiger partial charge < -0.3 is 4.90 Å². The first-order chi connectivity index (χ1) is 8.35. The van der Waals surface area contributed by atoms with Gasteiger partial charge in [0.2, 0.25) is 0 Å². The average molecular weight is 301 g/mol. The summed E-state index contributed by atoms with van der Waals surface area (Å²) in [7, 11) is 0. The number of hydrogen-bond donors (Lipinski definition) is 0. The fourth-order valence-corrected chi connectivity index (χ4v) is 4.75. The molecule has 0 amide bonds. The van der Waals surface area contributed by atoms with Crippen LogP contribution >= 0.6 is 15.9 Å². The Kier molecular flexibility index (Phi) is 4.08. The molecule has 3 unspecified atom stereocenters. The van der Waals surface area contributed by atoms with Crippen molar-refractivity contribution in [3.8, 4) is 0 Å². The number of nitrogens with zero attached hydrogens (tertiary/aromatic N) is 2. The number of fused-ring (bicyclic) bond motifs is 2. The summed E-state index contributed by atoms with van der Waals surface area (Å²) in [6, 6.07) is 0. The molecule has 0 aromatic heterocycles. The molecule has 2 bridgehead atoms. The molecule has 3 rings (SSSR count). The highest BCUT2D eigenvalue weighted by molar-refractivity contribution is 9.09. The lowest BCUT2D eigenvalue weighted by Gasteiger charge is -2.37. The van der Waals surface area contributed by atoms with Gasteiger partial charge in [0, 0.05) is 44.6 Å². The summed E-state index contributed by atoms with van der Waals surface area (Å²) in [6.45, 7) is 7.81. The van der Waals surface area contributed by atoms with Crippen LogP contribution in [0.25, 0.3) is 0 Å². The summed E-state index contributed by atoms with van der Waals surface area (Å²) in [5, 5.41) is 1.12. The normalized spacial score (nSPS) is 39.0. The SMILES string of the molecule is BrCCN1CCN(CC2CC3CCC2C3)CC1. The van der Waals surface area contributed by atoms with E-state index in [1.807, 2.05) is 0 Å². The van der Waals surface area contributed by atoms with Gasteiger partial charge in [-0.2, -0.15) is 0 Å². The topological polar surface area (TPSA) is 6.48 Å². The zero-order valence-electron chi connectivity index (χ0n) is 10.8. The Morgan fingerprint density at radius 3 is 2.29 bits per heavy atom. The van der Waals surface area contributed by atoms with Crippen molar-refractivity contribution >= 4 is 15.9 Å². The Bertz CT molecular complexity index is 251. The number of hydrogen-bond acceptors (Lipinski definition) is 2. The minimum Gasteiger partial charge on any atom is -0.301 e. The smallest absolute Gasteiger partial charge is 0.0159 e. The Balaban J connectivity index is 1.42. The van der Waals surface area contributed by atoms with Gasteiger partial charge in [-0.15, -0.1) is 0 Å². The van der Waals surface area contributed by atoms with Crippen LogP contribution in [0, 0.1) is 17.8 Å². The van der Waals surface area contributed by atoms with E-state index in [1.165, 1.54) is 39.3 Å². The van der Waals surface area contributed by atoms with Crippen molar-refractivity contribution in [1.82, 2.24) is 9.80 Å². The van der Waals surface area contributed by atoms with Gasteiger partial charge in [0.05, 0.1) is 0 Å². The van der Waals surface area contributed by atoms with Crippen molar-refractivity contribution in [1.29, 1.82) is 0 Å². The third-order valence-corrected chi connectivity index (χ3v) is 5.60. The second-order valence-corrected chi connectivity index (χ2v) is 7.06. The number of piperazine rings is 1. The molecule has 1 saturated heterocycles. The zero-order chi connectivity index (χ0) is 11.7. The molecule has 2 saturated carbocycles. The molecule has 0 spiro atoms. The van der Waals surface area contributed by atoms with E-state index in [9.17, 15) is 0 Å². The molecule has 2 nitrogen and oxygen atoms in total. The van der Waals surface area contributed by atoms with E-state index in [0.29, 0.717) is 0 Å². The maximum atomic E-state index is 3.54. The average Bonchev–Trinajstić information content (AvgIpc) is 2.94. The second-order valence-electron chi connectivity index (χ2n) is 6.27. The van der Waals surface area contributed by atoms with Crippen LogP contribution in [0.3, 0.4) is 0 Å². The van der Waals surface area contributed by atoms with Crippen LogP contribution in [0.5, 0.6) is 0 Å². The van der Waals surface area contributed by atoms with Crippen molar-refractivity contribution in [2.45, 2.75) is 25.7 Å². The quantitative estimate of drug-likeness (QED) is 0.736. The van der Waals surface area contributed by atoms with Crippen LogP contribution in [-0.2, 0) is 0 Å². The van der Waals surface area contributed by atoms with Gasteiger partial charge >= 0.3 is 0 Å². The molecule has 3 heteroatoms. The monoisotopic (exact) mass is 300 g/mol. The van der Waals surface area contributed by atoms with Crippen LogP contribution < -0.4 is 0 Å². The van der Waals surface area contributed by atoms with E-state index >= 15 is 0 Å². The first-order valence-electron chi connectivity index (χ1n) is 7.36.